The summed E-state index contributed by atoms with van der Waals surface area (Å²) in [5.74, 6) is 0.919. The van der Waals surface area contributed by atoms with Crippen LogP contribution in [0.1, 0.15) is 12.8 Å². The molecular weight excluding hydrogens is 334 g/mol. The van der Waals surface area contributed by atoms with E-state index >= 15 is 0 Å². The number of rotatable bonds is 4. The third kappa shape index (κ3) is 3.43. The van der Waals surface area contributed by atoms with E-state index in [0.717, 1.165) is 27.9 Å². The molecule has 0 saturated carbocycles. The lowest BCUT2D eigenvalue weighted by molar-refractivity contribution is 0.352. The maximum atomic E-state index is 4.32. The van der Waals surface area contributed by atoms with Crippen molar-refractivity contribution >= 4 is 37.7 Å². The van der Waals surface area contributed by atoms with E-state index in [2.05, 4.69) is 47.1 Å². The Morgan fingerprint density at radius 2 is 2.06 bits per heavy atom. The molecule has 1 aromatic heterocycles. The van der Waals surface area contributed by atoms with E-state index in [1.807, 2.05) is 12.3 Å². The molecule has 2 heterocycles. The summed E-state index contributed by atoms with van der Waals surface area (Å²) in [4.78, 5) is 6.80. The van der Waals surface area contributed by atoms with Crippen LogP contribution in [0, 0.1) is 0 Å². The van der Waals surface area contributed by atoms with Gasteiger partial charge in [-0.3, -0.25) is 0 Å². The van der Waals surface area contributed by atoms with Crippen molar-refractivity contribution in [3.05, 3.63) is 21.2 Å². The van der Waals surface area contributed by atoms with Gasteiger partial charge in [-0.2, -0.15) is 0 Å². The summed E-state index contributed by atoms with van der Waals surface area (Å²) in [6, 6.07) is 2.01. The van der Waals surface area contributed by atoms with Crippen LogP contribution in [0.4, 0.5) is 5.82 Å². The van der Waals surface area contributed by atoms with E-state index in [9.17, 15) is 0 Å². The standard InChI is InChI=1S/C11H15Br2N3/c12-9-7-10(13)11(15-8-9)14-3-6-16-4-1-2-5-16/h7-8H,1-6H2,(H,14,15). The fourth-order valence-corrected chi connectivity index (χ4v) is 3.01. The molecule has 1 aromatic rings. The average molecular weight is 349 g/mol. The first-order valence-electron chi connectivity index (χ1n) is 5.53. The molecule has 1 aliphatic heterocycles. The Kier molecular flexibility index (Phi) is 4.61. The number of pyridine rings is 1. The molecule has 0 radical (unpaired) electrons. The first-order chi connectivity index (χ1) is 7.75. The molecule has 1 N–H and O–H groups in total. The zero-order valence-corrected chi connectivity index (χ0v) is 12.2. The van der Waals surface area contributed by atoms with Crippen molar-refractivity contribution < 1.29 is 0 Å². The van der Waals surface area contributed by atoms with Gasteiger partial charge >= 0.3 is 0 Å². The van der Waals surface area contributed by atoms with E-state index in [1.165, 1.54) is 25.9 Å². The first kappa shape index (κ1) is 12.3. The number of hydrogen-bond donors (Lipinski definition) is 1. The molecule has 3 nitrogen and oxygen atoms in total. The van der Waals surface area contributed by atoms with Gasteiger partial charge < -0.3 is 10.2 Å². The first-order valence-corrected chi connectivity index (χ1v) is 7.11. The normalized spacial score (nSPS) is 16.6. The molecule has 88 valence electrons. The maximum Gasteiger partial charge on any atom is 0.140 e. The molecule has 0 bridgehead atoms. The molecule has 16 heavy (non-hydrogen) atoms. The Hall–Kier alpha value is -0.130. The van der Waals surface area contributed by atoms with Crippen LogP contribution in [0.3, 0.4) is 0 Å². The van der Waals surface area contributed by atoms with Crippen LogP contribution in [-0.2, 0) is 0 Å². The van der Waals surface area contributed by atoms with Gasteiger partial charge in [-0.25, -0.2) is 4.98 Å². The minimum absolute atomic E-state index is 0.919. The van der Waals surface area contributed by atoms with Crippen LogP contribution < -0.4 is 5.32 Å². The second kappa shape index (κ2) is 5.98. The molecule has 1 aliphatic rings. The SMILES string of the molecule is Brc1cnc(NCCN2CCCC2)c(Br)c1. The van der Waals surface area contributed by atoms with Crippen molar-refractivity contribution in [1.29, 1.82) is 0 Å². The second-order valence-corrected chi connectivity index (χ2v) is 5.73. The Morgan fingerprint density at radius 1 is 1.31 bits per heavy atom. The molecule has 2 rings (SSSR count). The number of anilines is 1. The number of likely N-dealkylation sites (tertiary alicyclic amines) is 1. The fourth-order valence-electron chi connectivity index (χ4n) is 1.88. The Morgan fingerprint density at radius 3 is 2.75 bits per heavy atom. The van der Waals surface area contributed by atoms with Crippen LogP contribution in [0.15, 0.2) is 21.2 Å². The van der Waals surface area contributed by atoms with Crippen molar-refractivity contribution in [3.8, 4) is 0 Å². The van der Waals surface area contributed by atoms with Gasteiger partial charge in [0, 0.05) is 23.8 Å². The summed E-state index contributed by atoms with van der Waals surface area (Å²) < 4.78 is 1.99. The van der Waals surface area contributed by atoms with Gasteiger partial charge in [-0.15, -0.1) is 0 Å². The minimum atomic E-state index is 0.919. The summed E-state index contributed by atoms with van der Waals surface area (Å²) in [7, 11) is 0. The van der Waals surface area contributed by atoms with Crippen molar-refractivity contribution in [1.82, 2.24) is 9.88 Å². The molecule has 0 unspecified atom stereocenters. The zero-order chi connectivity index (χ0) is 11.4. The number of nitrogens with one attached hydrogen (secondary N) is 1. The van der Waals surface area contributed by atoms with Crippen LogP contribution in [-0.4, -0.2) is 36.1 Å². The van der Waals surface area contributed by atoms with Gasteiger partial charge in [-0.05, 0) is 63.9 Å². The quantitative estimate of drug-likeness (QED) is 0.906. The molecule has 5 heteroatoms. The van der Waals surface area contributed by atoms with Crippen molar-refractivity contribution in [2.45, 2.75) is 12.8 Å². The van der Waals surface area contributed by atoms with Gasteiger partial charge in [0.25, 0.3) is 0 Å². The summed E-state index contributed by atoms with van der Waals surface area (Å²) in [5.41, 5.74) is 0. The highest BCUT2D eigenvalue weighted by Crippen LogP contribution is 2.23. The van der Waals surface area contributed by atoms with Crippen LogP contribution in [0.25, 0.3) is 0 Å². The Bertz CT molecular complexity index is 351. The molecule has 0 spiro atoms. The van der Waals surface area contributed by atoms with Crippen molar-refractivity contribution in [2.75, 3.05) is 31.5 Å². The number of halogens is 2. The lowest BCUT2D eigenvalue weighted by atomic mass is 10.4. The van der Waals surface area contributed by atoms with Crippen LogP contribution in [0.2, 0.25) is 0 Å². The highest BCUT2D eigenvalue weighted by molar-refractivity contribution is 9.11. The predicted molar refractivity (Wildman–Crippen MR) is 73.8 cm³/mol. The second-order valence-electron chi connectivity index (χ2n) is 3.96. The highest BCUT2D eigenvalue weighted by Gasteiger charge is 2.10. The Labute approximate surface area is 113 Å². The van der Waals surface area contributed by atoms with Gasteiger partial charge in [0.15, 0.2) is 0 Å². The molecule has 1 saturated heterocycles. The lowest BCUT2D eigenvalue weighted by Gasteiger charge is -2.15. The van der Waals surface area contributed by atoms with Gasteiger partial charge in [0.2, 0.25) is 0 Å². The highest BCUT2D eigenvalue weighted by atomic mass is 79.9. The molecule has 0 aliphatic carbocycles. The monoisotopic (exact) mass is 347 g/mol. The average Bonchev–Trinajstić information content (AvgIpc) is 2.74. The van der Waals surface area contributed by atoms with E-state index in [0.29, 0.717) is 0 Å². The summed E-state index contributed by atoms with van der Waals surface area (Å²) >= 11 is 6.88. The van der Waals surface area contributed by atoms with Crippen molar-refractivity contribution in [3.63, 3.8) is 0 Å². The molecule has 0 amide bonds. The number of nitrogens with zero attached hydrogens (tertiary/aromatic N) is 2. The summed E-state index contributed by atoms with van der Waals surface area (Å²) in [5, 5.41) is 3.35. The Balaban J connectivity index is 1.80. The molecule has 0 aromatic carbocycles. The summed E-state index contributed by atoms with van der Waals surface area (Å²) in [6.45, 7) is 4.55. The fraction of sp³-hybridized carbons (Fsp3) is 0.545. The van der Waals surface area contributed by atoms with Gasteiger partial charge in [0.05, 0.1) is 4.47 Å². The van der Waals surface area contributed by atoms with E-state index in [1.54, 1.807) is 0 Å². The summed E-state index contributed by atoms with van der Waals surface area (Å²) in [6.07, 6.45) is 4.50. The molecule has 1 fully saturated rings. The van der Waals surface area contributed by atoms with Crippen LogP contribution >= 0.6 is 31.9 Å². The number of aromatic nitrogens is 1. The van der Waals surface area contributed by atoms with E-state index in [4.69, 9.17) is 0 Å². The van der Waals surface area contributed by atoms with E-state index in [-0.39, 0.29) is 0 Å². The van der Waals surface area contributed by atoms with Crippen molar-refractivity contribution in [2.24, 2.45) is 0 Å². The van der Waals surface area contributed by atoms with E-state index < -0.39 is 0 Å². The third-order valence-corrected chi connectivity index (χ3v) is 3.77. The zero-order valence-electron chi connectivity index (χ0n) is 9.05. The maximum absolute atomic E-state index is 4.32. The largest absolute Gasteiger partial charge is 0.368 e. The minimum Gasteiger partial charge on any atom is -0.368 e. The predicted octanol–water partition coefficient (Wildman–Crippen LogP) is 3.11. The number of hydrogen-bond acceptors (Lipinski definition) is 3. The molecule has 0 atom stereocenters. The van der Waals surface area contributed by atoms with Gasteiger partial charge in [-0.1, -0.05) is 0 Å². The lowest BCUT2D eigenvalue weighted by Crippen LogP contribution is -2.26. The molecular formula is C11H15Br2N3. The topological polar surface area (TPSA) is 28.2 Å². The van der Waals surface area contributed by atoms with Crippen LogP contribution in [0.5, 0.6) is 0 Å². The third-order valence-electron chi connectivity index (χ3n) is 2.73. The van der Waals surface area contributed by atoms with Gasteiger partial charge in [0.1, 0.15) is 5.82 Å². The smallest absolute Gasteiger partial charge is 0.140 e.